The Kier molecular flexibility index (Phi) is 4.98. The molecule has 0 spiro atoms. The van der Waals surface area contributed by atoms with Gasteiger partial charge in [0, 0.05) is 11.1 Å². The van der Waals surface area contributed by atoms with Gasteiger partial charge in [0.1, 0.15) is 17.2 Å². The van der Waals surface area contributed by atoms with Gasteiger partial charge in [0.15, 0.2) is 0 Å². The Morgan fingerprint density at radius 3 is 1.81 bits per heavy atom. The molecule has 0 fully saturated rings. The van der Waals surface area contributed by atoms with Crippen LogP contribution in [0.15, 0.2) is 54.7 Å². The molecule has 0 aliphatic carbocycles. The van der Waals surface area contributed by atoms with E-state index >= 15 is 0 Å². The van der Waals surface area contributed by atoms with Crippen LogP contribution in [0.4, 0.5) is 4.79 Å². The first kappa shape index (κ1) is 17.2. The van der Waals surface area contributed by atoms with Crippen molar-refractivity contribution >= 4 is 6.16 Å². The number of aromatic nitrogens is 2. The van der Waals surface area contributed by atoms with Crippen molar-refractivity contribution in [2.75, 3.05) is 14.2 Å². The fraction of sp³-hybridized carbons (Fsp3) is 0.105. The molecule has 7 heteroatoms. The van der Waals surface area contributed by atoms with E-state index in [0.29, 0.717) is 17.1 Å². The Bertz CT molecular complexity index is 908. The molecule has 0 aliphatic heterocycles. The maximum atomic E-state index is 10.8. The third-order valence-corrected chi connectivity index (χ3v) is 3.67. The number of methoxy groups -OCH3 is 2. The molecule has 1 N–H and O–H groups in total. The molecule has 7 nitrogen and oxygen atoms in total. The van der Waals surface area contributed by atoms with E-state index in [1.165, 1.54) is 6.20 Å². The highest BCUT2D eigenvalue weighted by Gasteiger charge is 2.14. The smallest absolute Gasteiger partial charge is 0.497 e. The molecule has 132 valence electrons. The van der Waals surface area contributed by atoms with Gasteiger partial charge >= 0.3 is 6.16 Å². The lowest BCUT2D eigenvalue weighted by Gasteiger charge is -2.11. The Morgan fingerprint density at radius 2 is 1.35 bits per heavy atom. The van der Waals surface area contributed by atoms with Crippen molar-refractivity contribution in [3.63, 3.8) is 0 Å². The minimum absolute atomic E-state index is 0.0967. The Balaban J connectivity index is 2.10. The van der Waals surface area contributed by atoms with E-state index in [4.69, 9.17) is 14.6 Å². The topological polar surface area (TPSA) is 90.8 Å². The van der Waals surface area contributed by atoms with Crippen LogP contribution in [0.1, 0.15) is 0 Å². The van der Waals surface area contributed by atoms with Crippen LogP contribution >= 0.6 is 0 Å². The first-order valence-corrected chi connectivity index (χ1v) is 7.67. The molecule has 2 aromatic carbocycles. The number of benzene rings is 2. The molecule has 0 radical (unpaired) electrons. The van der Waals surface area contributed by atoms with E-state index in [9.17, 15) is 4.79 Å². The molecule has 0 aliphatic rings. The first-order chi connectivity index (χ1) is 12.6. The van der Waals surface area contributed by atoms with Gasteiger partial charge in [-0.05, 0) is 48.5 Å². The summed E-state index contributed by atoms with van der Waals surface area (Å²) in [5.74, 6) is 1.32. The van der Waals surface area contributed by atoms with Crippen LogP contribution < -0.4 is 14.2 Å². The molecule has 1 aromatic heterocycles. The van der Waals surface area contributed by atoms with Crippen molar-refractivity contribution in [1.29, 1.82) is 0 Å². The SMILES string of the molecule is COc1ccc(-c2ncc(OC(=O)O)nc2-c2ccc(OC)cc2)cc1. The van der Waals surface area contributed by atoms with Gasteiger partial charge in [-0.3, -0.25) is 0 Å². The fourth-order valence-electron chi connectivity index (χ4n) is 2.42. The molecule has 0 unspecified atom stereocenters. The van der Waals surface area contributed by atoms with Gasteiger partial charge in [-0.2, -0.15) is 0 Å². The summed E-state index contributed by atoms with van der Waals surface area (Å²) in [5, 5.41) is 8.82. The van der Waals surface area contributed by atoms with Crippen molar-refractivity contribution < 1.29 is 24.1 Å². The molecule has 0 saturated heterocycles. The predicted octanol–water partition coefficient (Wildman–Crippen LogP) is 3.88. The molecule has 0 amide bonds. The summed E-state index contributed by atoms with van der Waals surface area (Å²) in [6.45, 7) is 0. The quantitative estimate of drug-likeness (QED) is 0.697. The van der Waals surface area contributed by atoms with Gasteiger partial charge in [0.25, 0.3) is 0 Å². The first-order valence-electron chi connectivity index (χ1n) is 7.67. The summed E-state index contributed by atoms with van der Waals surface area (Å²) in [6, 6.07) is 14.6. The minimum atomic E-state index is -1.45. The van der Waals surface area contributed by atoms with Gasteiger partial charge in [-0.25, -0.2) is 14.8 Å². The van der Waals surface area contributed by atoms with Crippen molar-refractivity contribution in [2.45, 2.75) is 0 Å². The molecule has 0 atom stereocenters. The van der Waals surface area contributed by atoms with Crippen LogP contribution in [0.2, 0.25) is 0 Å². The summed E-state index contributed by atoms with van der Waals surface area (Å²) >= 11 is 0. The second-order valence-electron chi connectivity index (χ2n) is 5.23. The monoisotopic (exact) mass is 352 g/mol. The number of nitrogens with zero attached hydrogens (tertiary/aromatic N) is 2. The zero-order valence-corrected chi connectivity index (χ0v) is 14.2. The predicted molar refractivity (Wildman–Crippen MR) is 94.7 cm³/mol. The standard InChI is InChI=1S/C19H16N2O5/c1-24-14-7-3-12(4-8-14)17-18(13-5-9-15(25-2)10-6-13)21-16(11-20-17)26-19(22)23/h3-11H,1-2H3,(H,22,23). The molecule has 3 rings (SSSR count). The number of ether oxygens (including phenoxy) is 3. The molecule has 0 saturated carbocycles. The molecule has 1 heterocycles. The molecule has 0 bridgehead atoms. The number of carboxylic acid groups (broad SMARTS) is 1. The number of carbonyl (C=O) groups is 1. The maximum Gasteiger partial charge on any atom is 0.512 e. The van der Waals surface area contributed by atoms with E-state index < -0.39 is 6.16 Å². The summed E-state index contributed by atoms with van der Waals surface area (Å²) in [6.07, 6.45) is -0.169. The van der Waals surface area contributed by atoms with Crippen LogP contribution in [0.3, 0.4) is 0 Å². The van der Waals surface area contributed by atoms with Crippen LogP contribution in [-0.4, -0.2) is 35.4 Å². The minimum Gasteiger partial charge on any atom is -0.497 e. The van der Waals surface area contributed by atoms with Crippen molar-refractivity contribution in [3.8, 4) is 39.9 Å². The lowest BCUT2D eigenvalue weighted by Crippen LogP contribution is -2.06. The summed E-state index contributed by atoms with van der Waals surface area (Å²) in [5.41, 5.74) is 2.65. The third-order valence-electron chi connectivity index (χ3n) is 3.67. The molecule has 3 aromatic rings. The summed E-state index contributed by atoms with van der Waals surface area (Å²) in [4.78, 5) is 19.5. The summed E-state index contributed by atoms with van der Waals surface area (Å²) in [7, 11) is 3.18. The second kappa shape index (κ2) is 7.52. The Morgan fingerprint density at radius 1 is 0.846 bits per heavy atom. The highest BCUT2D eigenvalue weighted by Crippen LogP contribution is 2.32. The normalized spacial score (nSPS) is 10.2. The average Bonchev–Trinajstić information content (AvgIpc) is 2.68. The lowest BCUT2D eigenvalue weighted by atomic mass is 10.0. The zero-order chi connectivity index (χ0) is 18.5. The van der Waals surface area contributed by atoms with Gasteiger partial charge in [-0.15, -0.1) is 0 Å². The van der Waals surface area contributed by atoms with E-state index in [1.807, 2.05) is 36.4 Å². The number of hydrogen-bond donors (Lipinski definition) is 1. The molecular weight excluding hydrogens is 336 g/mol. The maximum absolute atomic E-state index is 10.8. The molecule has 26 heavy (non-hydrogen) atoms. The van der Waals surface area contributed by atoms with E-state index in [-0.39, 0.29) is 5.88 Å². The zero-order valence-electron chi connectivity index (χ0n) is 14.2. The fourth-order valence-corrected chi connectivity index (χ4v) is 2.42. The highest BCUT2D eigenvalue weighted by atomic mass is 16.7. The van der Waals surface area contributed by atoms with Gasteiger partial charge < -0.3 is 19.3 Å². The summed E-state index contributed by atoms with van der Waals surface area (Å²) < 4.78 is 15.0. The molecular formula is C19H16N2O5. The van der Waals surface area contributed by atoms with Crippen LogP contribution in [-0.2, 0) is 0 Å². The highest BCUT2D eigenvalue weighted by molar-refractivity contribution is 5.78. The van der Waals surface area contributed by atoms with Crippen LogP contribution in [0, 0.1) is 0 Å². The van der Waals surface area contributed by atoms with Crippen molar-refractivity contribution in [3.05, 3.63) is 54.7 Å². The van der Waals surface area contributed by atoms with Gasteiger partial charge in [0.05, 0.1) is 26.1 Å². The van der Waals surface area contributed by atoms with Crippen LogP contribution in [0.25, 0.3) is 22.5 Å². The lowest BCUT2D eigenvalue weighted by molar-refractivity contribution is 0.142. The van der Waals surface area contributed by atoms with Crippen molar-refractivity contribution in [1.82, 2.24) is 9.97 Å². The number of rotatable bonds is 5. The van der Waals surface area contributed by atoms with E-state index in [0.717, 1.165) is 16.9 Å². The van der Waals surface area contributed by atoms with Crippen LogP contribution in [0.5, 0.6) is 17.4 Å². The largest absolute Gasteiger partial charge is 0.512 e. The third kappa shape index (κ3) is 3.72. The van der Waals surface area contributed by atoms with Crippen molar-refractivity contribution in [2.24, 2.45) is 0 Å². The average molecular weight is 352 g/mol. The Hall–Kier alpha value is -3.61. The number of hydrogen-bond acceptors (Lipinski definition) is 6. The Labute approximate surface area is 149 Å². The van der Waals surface area contributed by atoms with Gasteiger partial charge in [0.2, 0.25) is 5.88 Å². The van der Waals surface area contributed by atoms with E-state index in [1.54, 1.807) is 26.4 Å². The van der Waals surface area contributed by atoms with Gasteiger partial charge in [-0.1, -0.05) is 0 Å². The second-order valence-corrected chi connectivity index (χ2v) is 5.23. The van der Waals surface area contributed by atoms with E-state index in [2.05, 4.69) is 14.7 Å².